The highest BCUT2D eigenvalue weighted by molar-refractivity contribution is 6.00. The molecule has 1 atom stereocenters. The fourth-order valence-electron chi connectivity index (χ4n) is 4.30. The summed E-state index contributed by atoms with van der Waals surface area (Å²) in [4.78, 5) is 15.2. The molecule has 3 aromatic carbocycles. The summed E-state index contributed by atoms with van der Waals surface area (Å²) in [5.74, 6) is -0.384. The smallest absolute Gasteiger partial charge is 0.355 e. The lowest BCUT2D eigenvalue weighted by atomic mass is 9.83. The number of nitrogens with zero attached hydrogens (tertiary/aromatic N) is 2. The Morgan fingerprint density at radius 1 is 0.903 bits per heavy atom. The van der Waals surface area contributed by atoms with Crippen LogP contribution in [0.2, 0.25) is 0 Å². The Morgan fingerprint density at radius 3 is 2.16 bits per heavy atom. The number of aromatic nitrogens is 1. The molecule has 31 heavy (non-hydrogen) atoms. The number of hydrogen-bond acceptors (Lipinski definition) is 3. The van der Waals surface area contributed by atoms with E-state index in [4.69, 9.17) is 4.74 Å². The zero-order chi connectivity index (χ0) is 22.0. The molecule has 0 spiro atoms. The number of para-hydroxylation sites is 1. The second kappa shape index (κ2) is 8.68. The minimum absolute atomic E-state index is 0.0945. The second-order valence-electron chi connectivity index (χ2n) is 7.89. The van der Waals surface area contributed by atoms with Crippen molar-refractivity contribution in [2.75, 3.05) is 25.6 Å². The molecule has 0 saturated heterocycles. The maximum absolute atomic E-state index is 13.1. The normalized spacial score (nSPS) is 12.0. The van der Waals surface area contributed by atoms with E-state index in [1.807, 2.05) is 63.0 Å². The average Bonchev–Trinajstić information content (AvgIpc) is 3.08. The number of benzene rings is 3. The maximum Gasteiger partial charge on any atom is 0.355 e. The Kier molecular flexibility index (Phi) is 5.81. The van der Waals surface area contributed by atoms with Gasteiger partial charge in [-0.25, -0.2) is 4.79 Å². The Labute approximate surface area is 183 Å². The predicted molar refractivity (Wildman–Crippen MR) is 127 cm³/mol. The highest BCUT2D eigenvalue weighted by Crippen LogP contribution is 2.40. The van der Waals surface area contributed by atoms with Crippen LogP contribution in [0.15, 0.2) is 78.9 Å². The third-order valence-electron chi connectivity index (χ3n) is 5.78. The molecule has 0 radical (unpaired) electrons. The lowest BCUT2D eigenvalue weighted by Crippen LogP contribution is -2.15. The first-order valence-corrected chi connectivity index (χ1v) is 10.6. The molecule has 0 fully saturated rings. The fourth-order valence-corrected chi connectivity index (χ4v) is 4.30. The second-order valence-corrected chi connectivity index (χ2v) is 7.89. The van der Waals surface area contributed by atoms with Crippen molar-refractivity contribution in [1.82, 2.24) is 4.57 Å². The van der Waals surface area contributed by atoms with Crippen molar-refractivity contribution >= 4 is 22.6 Å². The Hall–Kier alpha value is -3.53. The van der Waals surface area contributed by atoms with Crippen LogP contribution in [0.4, 0.5) is 5.69 Å². The number of carbonyl (C=O) groups excluding carboxylic acids is 1. The van der Waals surface area contributed by atoms with E-state index < -0.39 is 0 Å². The van der Waals surface area contributed by atoms with Crippen LogP contribution in [0.3, 0.4) is 0 Å². The van der Waals surface area contributed by atoms with Gasteiger partial charge in [0, 0.05) is 49.2 Å². The quantitative estimate of drug-likeness (QED) is 0.387. The van der Waals surface area contributed by atoms with Gasteiger partial charge in [0.05, 0.1) is 6.61 Å². The number of anilines is 1. The first-order chi connectivity index (χ1) is 15.0. The van der Waals surface area contributed by atoms with Gasteiger partial charge in [-0.05, 0) is 36.2 Å². The van der Waals surface area contributed by atoms with E-state index in [9.17, 15) is 4.79 Å². The molecule has 1 aromatic heterocycles. The topological polar surface area (TPSA) is 34.5 Å². The van der Waals surface area contributed by atoms with Crippen LogP contribution in [-0.2, 0) is 11.8 Å². The van der Waals surface area contributed by atoms with Crippen LogP contribution in [0.25, 0.3) is 10.9 Å². The van der Waals surface area contributed by atoms with Gasteiger partial charge >= 0.3 is 5.97 Å². The minimum Gasteiger partial charge on any atom is -0.461 e. The first-order valence-electron chi connectivity index (χ1n) is 10.6. The van der Waals surface area contributed by atoms with Gasteiger partial charge in [0.15, 0.2) is 0 Å². The van der Waals surface area contributed by atoms with Crippen molar-refractivity contribution in [3.05, 3.63) is 101 Å². The summed E-state index contributed by atoms with van der Waals surface area (Å²) in [6.45, 7) is 2.18. The van der Waals surface area contributed by atoms with Gasteiger partial charge in [0.1, 0.15) is 5.69 Å². The summed E-state index contributed by atoms with van der Waals surface area (Å²) in [7, 11) is 6.01. The van der Waals surface area contributed by atoms with Crippen molar-refractivity contribution in [1.29, 1.82) is 0 Å². The summed E-state index contributed by atoms with van der Waals surface area (Å²) < 4.78 is 7.45. The van der Waals surface area contributed by atoms with Crippen LogP contribution in [0, 0.1) is 0 Å². The zero-order valence-corrected chi connectivity index (χ0v) is 18.5. The van der Waals surface area contributed by atoms with E-state index in [2.05, 4.69) is 53.4 Å². The molecule has 0 N–H and O–H groups in total. The van der Waals surface area contributed by atoms with Gasteiger partial charge in [-0.3, -0.25) is 0 Å². The van der Waals surface area contributed by atoms with Gasteiger partial charge in [0.25, 0.3) is 0 Å². The summed E-state index contributed by atoms with van der Waals surface area (Å²) in [5.41, 5.74) is 6.03. The van der Waals surface area contributed by atoms with E-state index in [0.717, 1.165) is 33.3 Å². The lowest BCUT2D eigenvalue weighted by molar-refractivity contribution is 0.0514. The molecular weight excluding hydrogens is 384 g/mol. The van der Waals surface area contributed by atoms with Crippen LogP contribution in [0.1, 0.15) is 40.0 Å². The van der Waals surface area contributed by atoms with E-state index in [1.165, 1.54) is 0 Å². The van der Waals surface area contributed by atoms with Crippen molar-refractivity contribution in [2.24, 2.45) is 7.05 Å². The van der Waals surface area contributed by atoms with Crippen molar-refractivity contribution in [2.45, 2.75) is 12.8 Å². The molecule has 0 bridgehead atoms. The molecule has 0 aliphatic rings. The van der Waals surface area contributed by atoms with Gasteiger partial charge in [-0.15, -0.1) is 0 Å². The molecule has 1 heterocycles. The Bertz CT molecular complexity index is 1190. The lowest BCUT2D eigenvalue weighted by Gasteiger charge is -2.21. The Morgan fingerprint density at radius 2 is 1.52 bits per heavy atom. The number of fused-ring (bicyclic) bond motifs is 1. The van der Waals surface area contributed by atoms with E-state index in [1.54, 1.807) is 0 Å². The summed E-state index contributed by atoms with van der Waals surface area (Å²) in [6, 6.07) is 27.1. The number of ether oxygens (including phenoxy) is 1. The van der Waals surface area contributed by atoms with Crippen molar-refractivity contribution < 1.29 is 9.53 Å². The first kappa shape index (κ1) is 20.7. The van der Waals surface area contributed by atoms with Crippen LogP contribution in [-0.4, -0.2) is 31.2 Å². The molecular formula is C27H28N2O2. The zero-order valence-electron chi connectivity index (χ0n) is 18.5. The third kappa shape index (κ3) is 3.81. The summed E-state index contributed by atoms with van der Waals surface area (Å²) >= 11 is 0. The number of aryl methyl sites for hydroxylation is 1. The summed E-state index contributed by atoms with van der Waals surface area (Å²) in [6.07, 6.45) is 0. The molecule has 0 aliphatic carbocycles. The highest BCUT2D eigenvalue weighted by atomic mass is 16.5. The number of rotatable bonds is 6. The number of hydrogen-bond donors (Lipinski definition) is 0. The molecule has 158 valence electrons. The van der Waals surface area contributed by atoms with Gasteiger partial charge in [-0.2, -0.15) is 0 Å². The fraction of sp³-hybridized carbons (Fsp3) is 0.222. The minimum atomic E-state index is -0.290. The molecule has 0 saturated carbocycles. The molecule has 0 amide bonds. The molecule has 4 nitrogen and oxygen atoms in total. The summed E-state index contributed by atoms with van der Waals surface area (Å²) in [5, 5.41) is 1.07. The number of esters is 1. The van der Waals surface area contributed by atoms with E-state index in [-0.39, 0.29) is 11.9 Å². The largest absolute Gasteiger partial charge is 0.461 e. The Balaban J connectivity index is 2.02. The molecule has 0 aliphatic heterocycles. The van der Waals surface area contributed by atoms with Gasteiger partial charge < -0.3 is 14.2 Å². The van der Waals surface area contributed by atoms with Crippen LogP contribution < -0.4 is 4.90 Å². The van der Waals surface area contributed by atoms with E-state index in [0.29, 0.717) is 12.3 Å². The SMILES string of the molecule is CCOC(=O)c1c(C(c2ccccc2)c2ccc(N(C)C)cc2)c2ccccc2n1C. The highest BCUT2D eigenvalue weighted by Gasteiger charge is 2.29. The third-order valence-corrected chi connectivity index (χ3v) is 5.78. The van der Waals surface area contributed by atoms with Gasteiger partial charge in [0.2, 0.25) is 0 Å². The van der Waals surface area contributed by atoms with Crippen LogP contribution in [0.5, 0.6) is 0 Å². The molecule has 4 heteroatoms. The monoisotopic (exact) mass is 412 g/mol. The van der Waals surface area contributed by atoms with Crippen molar-refractivity contribution in [3.8, 4) is 0 Å². The molecule has 1 unspecified atom stereocenters. The average molecular weight is 413 g/mol. The van der Waals surface area contributed by atoms with Gasteiger partial charge in [-0.1, -0.05) is 60.7 Å². The molecule has 4 rings (SSSR count). The van der Waals surface area contributed by atoms with E-state index >= 15 is 0 Å². The predicted octanol–water partition coefficient (Wildman–Crippen LogP) is 5.60. The maximum atomic E-state index is 13.1. The van der Waals surface area contributed by atoms with Crippen LogP contribution >= 0.6 is 0 Å². The molecule has 4 aromatic rings. The number of carbonyl (C=O) groups is 1. The van der Waals surface area contributed by atoms with Crippen molar-refractivity contribution in [3.63, 3.8) is 0 Å². The standard InChI is InChI=1S/C27H28N2O2/c1-5-31-27(30)26-25(22-13-9-10-14-23(22)29(26)4)24(19-11-7-6-8-12-19)20-15-17-21(18-16-20)28(2)3/h6-18,24H,5H2,1-4H3.